The number of hydrogen-bond acceptors (Lipinski definition) is 8. The van der Waals surface area contributed by atoms with E-state index in [0.29, 0.717) is 5.75 Å². The summed E-state index contributed by atoms with van der Waals surface area (Å²) in [5.41, 5.74) is 0. The summed E-state index contributed by atoms with van der Waals surface area (Å²) in [7, 11) is -4.54. The molecular formula is C10H21O8PS2. The molecule has 0 aromatic rings. The summed E-state index contributed by atoms with van der Waals surface area (Å²) in [5.74, 6) is -0.180. The van der Waals surface area contributed by atoms with Crippen LogP contribution in [0.3, 0.4) is 0 Å². The molecule has 0 saturated heterocycles. The van der Waals surface area contributed by atoms with E-state index in [4.69, 9.17) is 14.5 Å². The number of aliphatic hydroxyl groups is 2. The van der Waals surface area contributed by atoms with Crippen molar-refractivity contribution < 1.29 is 38.6 Å². The van der Waals surface area contributed by atoms with E-state index in [9.17, 15) is 19.6 Å². The number of aliphatic hydroxyl groups excluding tert-OH is 2. The second kappa shape index (κ2) is 10.8. The normalized spacial score (nSPS) is 16.3. The minimum Gasteiger partial charge on any atom is -0.463 e. The maximum absolute atomic E-state index is 11.5. The molecule has 0 aliphatic carbocycles. The predicted octanol–water partition coefficient (Wildman–Crippen LogP) is -0.340. The summed E-state index contributed by atoms with van der Waals surface area (Å²) in [5, 5.41) is 18.8. The number of thioether (sulfide) groups is 1. The van der Waals surface area contributed by atoms with Gasteiger partial charge in [-0.15, -0.1) is 0 Å². The van der Waals surface area contributed by atoms with Crippen LogP contribution in [0.5, 0.6) is 0 Å². The van der Waals surface area contributed by atoms with Gasteiger partial charge in [-0.05, 0) is 0 Å². The van der Waals surface area contributed by atoms with Gasteiger partial charge in [-0.3, -0.25) is 9.32 Å². The monoisotopic (exact) mass is 364 g/mol. The van der Waals surface area contributed by atoms with Crippen molar-refractivity contribution in [2.75, 3.05) is 30.5 Å². The molecule has 0 aromatic carbocycles. The smallest absolute Gasteiger partial charge is 0.463 e. The highest BCUT2D eigenvalue weighted by Gasteiger charge is 2.19. The number of phosphoric acid groups is 1. The van der Waals surface area contributed by atoms with Crippen LogP contribution in [0.4, 0.5) is 0 Å². The fourth-order valence-corrected chi connectivity index (χ4v) is 2.75. The zero-order valence-electron chi connectivity index (χ0n) is 11.5. The van der Waals surface area contributed by atoms with Gasteiger partial charge in [-0.2, -0.15) is 24.4 Å². The Labute approximate surface area is 132 Å². The van der Waals surface area contributed by atoms with Crippen molar-refractivity contribution in [3.8, 4) is 0 Å². The van der Waals surface area contributed by atoms with Crippen molar-refractivity contribution in [1.29, 1.82) is 0 Å². The molecule has 11 heteroatoms. The van der Waals surface area contributed by atoms with Crippen LogP contribution in [0.2, 0.25) is 0 Å². The van der Waals surface area contributed by atoms with Crippen LogP contribution in [0, 0.1) is 5.92 Å². The minimum atomic E-state index is -4.54. The molecule has 0 aliphatic rings. The summed E-state index contributed by atoms with van der Waals surface area (Å²) < 4.78 is 19.3. The summed E-state index contributed by atoms with van der Waals surface area (Å²) >= 11 is 5.14. The third-order valence-corrected chi connectivity index (χ3v) is 4.48. The number of hydrogen-bond donors (Lipinski definition) is 5. The Morgan fingerprint density at radius 2 is 1.86 bits per heavy atom. The average molecular weight is 364 g/mol. The van der Waals surface area contributed by atoms with Gasteiger partial charge in [0.1, 0.15) is 6.61 Å². The number of carbonyl (C=O) groups excluding carboxylic acids is 1. The van der Waals surface area contributed by atoms with Gasteiger partial charge >= 0.3 is 13.8 Å². The van der Waals surface area contributed by atoms with E-state index >= 15 is 0 Å². The Hall–Kier alpha value is 0.200. The number of rotatable bonds is 11. The van der Waals surface area contributed by atoms with Crippen LogP contribution >= 0.6 is 32.2 Å². The summed E-state index contributed by atoms with van der Waals surface area (Å²) in [6, 6.07) is 0. The molecule has 0 fully saturated rings. The van der Waals surface area contributed by atoms with Gasteiger partial charge in [0.25, 0.3) is 0 Å². The van der Waals surface area contributed by atoms with Crippen LogP contribution < -0.4 is 0 Å². The molecule has 3 unspecified atom stereocenters. The molecule has 0 rings (SSSR count). The van der Waals surface area contributed by atoms with Crippen LogP contribution in [0.1, 0.15) is 6.92 Å². The van der Waals surface area contributed by atoms with Crippen molar-refractivity contribution in [2.24, 2.45) is 5.92 Å². The highest BCUT2D eigenvalue weighted by molar-refractivity contribution is 7.99. The van der Waals surface area contributed by atoms with E-state index in [1.165, 1.54) is 11.8 Å². The van der Waals surface area contributed by atoms with Crippen molar-refractivity contribution in [2.45, 2.75) is 19.1 Å². The van der Waals surface area contributed by atoms with Crippen molar-refractivity contribution >= 4 is 38.2 Å². The first-order valence-corrected chi connectivity index (χ1v) is 9.40. The third-order valence-electron chi connectivity index (χ3n) is 2.28. The van der Waals surface area contributed by atoms with Gasteiger partial charge in [0.15, 0.2) is 0 Å². The number of esters is 1. The first-order chi connectivity index (χ1) is 9.67. The molecule has 8 nitrogen and oxygen atoms in total. The van der Waals surface area contributed by atoms with Crippen molar-refractivity contribution in [3.05, 3.63) is 0 Å². The molecule has 0 heterocycles. The SMILES string of the molecule is CC(CSCC(O)C(O)CS)C(=O)OCCOP(=O)(O)O. The first-order valence-electron chi connectivity index (χ1n) is 6.08. The lowest BCUT2D eigenvalue weighted by Crippen LogP contribution is -2.30. The number of carbonyl (C=O) groups is 1. The van der Waals surface area contributed by atoms with Gasteiger partial charge < -0.3 is 24.7 Å². The second-order valence-electron chi connectivity index (χ2n) is 4.25. The second-order valence-corrected chi connectivity index (χ2v) is 6.93. The van der Waals surface area contributed by atoms with Crippen LogP contribution in [-0.4, -0.2) is 68.6 Å². The van der Waals surface area contributed by atoms with E-state index in [-0.39, 0.29) is 24.7 Å². The lowest BCUT2D eigenvalue weighted by molar-refractivity contribution is -0.148. The topological polar surface area (TPSA) is 134 Å². The molecule has 0 bridgehead atoms. The Kier molecular flexibility index (Phi) is 11.0. The van der Waals surface area contributed by atoms with E-state index in [1.54, 1.807) is 6.92 Å². The molecule has 4 N–H and O–H groups in total. The summed E-state index contributed by atoms with van der Waals surface area (Å²) in [6.07, 6.45) is -1.82. The maximum Gasteiger partial charge on any atom is 0.469 e. The Bertz CT molecular complexity index is 350. The van der Waals surface area contributed by atoms with E-state index in [0.717, 1.165) is 0 Å². The highest BCUT2D eigenvalue weighted by Crippen LogP contribution is 2.35. The summed E-state index contributed by atoms with van der Waals surface area (Å²) in [4.78, 5) is 28.4. The predicted molar refractivity (Wildman–Crippen MR) is 81.3 cm³/mol. The number of thiol groups is 1. The molecule has 0 aliphatic heterocycles. The maximum atomic E-state index is 11.5. The van der Waals surface area contributed by atoms with Gasteiger partial charge in [-0.25, -0.2) is 4.57 Å². The molecule has 0 spiro atoms. The van der Waals surface area contributed by atoms with Crippen LogP contribution in [0.25, 0.3) is 0 Å². The van der Waals surface area contributed by atoms with Gasteiger partial charge in [0.2, 0.25) is 0 Å². The van der Waals surface area contributed by atoms with Gasteiger partial charge in [-0.1, -0.05) is 6.92 Å². The summed E-state index contributed by atoms with van der Waals surface area (Å²) in [6.45, 7) is 0.989. The van der Waals surface area contributed by atoms with Gasteiger partial charge in [0, 0.05) is 17.3 Å². The zero-order chi connectivity index (χ0) is 16.5. The number of ether oxygens (including phenoxy) is 1. The molecule has 0 amide bonds. The quantitative estimate of drug-likeness (QED) is 0.144. The standard InChI is InChI=1S/C10H21O8PS2/c1-7(5-21-6-9(12)8(11)4-20)10(13)17-2-3-18-19(14,15)16/h7-9,11-12,20H,2-6H2,1H3,(H2,14,15,16). The molecule has 3 atom stereocenters. The fourth-order valence-electron chi connectivity index (χ4n) is 1.11. The van der Waals surface area contributed by atoms with E-state index < -0.39 is 31.9 Å². The van der Waals surface area contributed by atoms with Gasteiger partial charge in [0.05, 0.1) is 24.7 Å². The zero-order valence-corrected chi connectivity index (χ0v) is 14.1. The average Bonchev–Trinajstić information content (AvgIpc) is 2.40. The number of phosphoric ester groups is 1. The Morgan fingerprint density at radius 3 is 2.38 bits per heavy atom. The lowest BCUT2D eigenvalue weighted by Gasteiger charge is -2.16. The third kappa shape index (κ3) is 11.4. The largest absolute Gasteiger partial charge is 0.469 e. The fraction of sp³-hybridized carbons (Fsp3) is 0.900. The minimum absolute atomic E-state index is 0.152. The molecule has 21 heavy (non-hydrogen) atoms. The molecule has 0 radical (unpaired) electrons. The molecule has 0 saturated carbocycles. The molecule has 126 valence electrons. The van der Waals surface area contributed by atoms with E-state index in [2.05, 4.69) is 17.2 Å². The Balaban J connectivity index is 3.78. The molecular weight excluding hydrogens is 343 g/mol. The highest BCUT2D eigenvalue weighted by atomic mass is 32.2. The van der Waals surface area contributed by atoms with Crippen LogP contribution in [0.15, 0.2) is 0 Å². The van der Waals surface area contributed by atoms with Crippen molar-refractivity contribution in [1.82, 2.24) is 0 Å². The first kappa shape index (κ1) is 21.2. The van der Waals surface area contributed by atoms with E-state index in [1.807, 2.05) is 0 Å². The lowest BCUT2D eigenvalue weighted by atomic mass is 10.2. The Morgan fingerprint density at radius 1 is 1.24 bits per heavy atom. The van der Waals surface area contributed by atoms with Crippen LogP contribution in [-0.2, 0) is 18.6 Å². The molecule has 0 aromatic heterocycles. The van der Waals surface area contributed by atoms with Crippen molar-refractivity contribution in [3.63, 3.8) is 0 Å².